The smallest absolute Gasteiger partial charge is 0.332 e. The first kappa shape index (κ1) is 22.9. The van der Waals surface area contributed by atoms with Crippen LogP contribution in [0.4, 0.5) is 5.69 Å². The Hall–Kier alpha value is -2.79. The molecular weight excluding hydrogens is 611 g/mol. The van der Waals surface area contributed by atoms with E-state index in [1.165, 1.54) is 12.0 Å². The van der Waals surface area contributed by atoms with Gasteiger partial charge in [-0.15, -0.1) is 0 Å². The van der Waals surface area contributed by atoms with E-state index in [2.05, 4.69) is 52.9 Å². The molecule has 2 atom stereocenters. The molecule has 1 radical (unpaired) electrons. The van der Waals surface area contributed by atoms with Crippen LogP contribution in [0.2, 0.25) is 0 Å². The van der Waals surface area contributed by atoms with E-state index >= 15 is 0 Å². The number of anilines is 1. The first-order valence-electron chi connectivity index (χ1n) is 9.82. The Balaban J connectivity index is 0.00000272. The van der Waals surface area contributed by atoms with Gasteiger partial charge in [0.1, 0.15) is 0 Å². The molecule has 3 aromatic carbocycles. The average molecular weight is 634 g/mol. The summed E-state index contributed by atoms with van der Waals surface area (Å²) in [4.78, 5) is 12.7. The third-order valence-corrected chi connectivity index (χ3v) is 5.44. The third-order valence-electron chi connectivity index (χ3n) is 5.44. The number of carbonyl (C=O) groups excluding carboxylic acids is 1. The summed E-state index contributed by atoms with van der Waals surface area (Å²) in [6.07, 6.45) is 1.23. The van der Waals surface area contributed by atoms with Gasteiger partial charge in [0.25, 0.3) is 0 Å². The Labute approximate surface area is 204 Å². The van der Waals surface area contributed by atoms with Crippen molar-refractivity contribution in [1.82, 2.24) is 0 Å². The Morgan fingerprint density at radius 1 is 1.16 bits per heavy atom. The number of amides is 1. The fraction of sp³-hybridized carbons (Fsp3) is 0.167. The van der Waals surface area contributed by atoms with Crippen LogP contribution in [0, 0.1) is 41.9 Å². The second kappa shape index (κ2) is 10.0. The van der Waals surface area contributed by atoms with Crippen LogP contribution in [-0.2, 0) is 0 Å². The van der Waals surface area contributed by atoms with Crippen molar-refractivity contribution in [2.75, 3.05) is 5.32 Å². The number of carbonyl (C=O) groups is 1. The Morgan fingerprint density at radius 3 is 2.61 bits per heavy atom. The van der Waals surface area contributed by atoms with Crippen LogP contribution < -0.4 is 16.6 Å². The first-order valence-corrected chi connectivity index (χ1v) is 9.82. The molecule has 1 aliphatic carbocycles. The summed E-state index contributed by atoms with van der Waals surface area (Å²) in [5.41, 5.74) is 4.99. The van der Waals surface area contributed by atoms with Crippen molar-refractivity contribution in [3.8, 4) is 11.1 Å². The normalized spacial score (nSPS) is 17.1. The minimum atomic E-state index is -0.261. The van der Waals surface area contributed by atoms with Gasteiger partial charge in [-0.05, 0) is 47.1 Å². The largest absolute Gasteiger partial charge is 0.353 e. The molecule has 0 spiro atoms. The fourth-order valence-corrected chi connectivity index (χ4v) is 3.63. The third kappa shape index (κ3) is 5.28. The van der Waals surface area contributed by atoms with Crippen molar-refractivity contribution < 1.29 is 40.1 Å². The molecule has 5 N–H and O–H groups in total. The Morgan fingerprint density at radius 2 is 1.94 bits per heavy atom. The van der Waals surface area contributed by atoms with Gasteiger partial charge in [-0.25, -0.2) is 0 Å². The van der Waals surface area contributed by atoms with E-state index in [9.17, 15) is 4.79 Å². The summed E-state index contributed by atoms with van der Waals surface area (Å²) >= 11 is 0. The van der Waals surface area contributed by atoms with Crippen LogP contribution >= 0.6 is 0 Å². The van der Waals surface area contributed by atoms with Crippen molar-refractivity contribution >= 4 is 17.4 Å². The maximum Gasteiger partial charge on any atom is 0.353 e. The molecule has 0 heterocycles. The molecule has 0 saturated heterocycles. The van der Waals surface area contributed by atoms with E-state index in [1.54, 1.807) is 24.3 Å². The van der Waals surface area contributed by atoms with E-state index in [4.69, 9.17) is 11.3 Å². The summed E-state index contributed by atoms with van der Waals surface area (Å²) in [6.45, 7) is 2.27. The second-order valence-electron chi connectivity index (χ2n) is 7.55. The zero-order valence-electron chi connectivity index (χ0n) is 17.1. The molecule has 31 heavy (non-hydrogen) atoms. The van der Waals surface area contributed by atoms with Crippen molar-refractivity contribution in [3.63, 3.8) is 0 Å². The molecule has 1 fully saturated rings. The van der Waals surface area contributed by atoms with Gasteiger partial charge in [0, 0.05) is 35.2 Å². The molecule has 3 aromatic rings. The maximum absolute atomic E-state index is 12.7. The van der Waals surface area contributed by atoms with E-state index in [-0.39, 0.29) is 41.7 Å². The van der Waals surface area contributed by atoms with Gasteiger partial charge in [0.05, 0.1) is 16.4 Å². The molecule has 155 valence electrons. The van der Waals surface area contributed by atoms with E-state index in [0.717, 1.165) is 17.0 Å². The molecule has 1 amide bonds. The topological polar surface area (TPSA) is 105 Å². The van der Waals surface area contributed by atoms with Crippen LogP contribution in [0.1, 0.15) is 40.7 Å². The number of amidine groups is 1. The summed E-state index contributed by atoms with van der Waals surface area (Å²) in [5, 5.41) is 15.9. The van der Waals surface area contributed by atoms with Crippen molar-refractivity contribution in [2.24, 2.45) is 22.1 Å². The van der Waals surface area contributed by atoms with Gasteiger partial charge in [0.15, 0.2) is 5.91 Å². The van der Waals surface area contributed by atoms with E-state index in [0.29, 0.717) is 22.7 Å². The number of nitrogens with one attached hydrogen (secondary N) is 1. The number of rotatable bonds is 5. The molecular formula is C24H23N5NpO. The molecule has 0 aromatic heterocycles. The van der Waals surface area contributed by atoms with Gasteiger partial charge in [-0.3, -0.25) is 16.0 Å². The van der Waals surface area contributed by atoms with Gasteiger partial charge in [-0.1, -0.05) is 42.8 Å². The van der Waals surface area contributed by atoms with Crippen LogP contribution in [0.3, 0.4) is 0 Å². The van der Waals surface area contributed by atoms with Gasteiger partial charge in [-0.2, -0.15) is 30.3 Å². The van der Waals surface area contributed by atoms with Crippen LogP contribution in [0.5, 0.6) is 0 Å². The minimum absolute atomic E-state index is 0. The minimum Gasteiger partial charge on any atom is -0.332 e. The summed E-state index contributed by atoms with van der Waals surface area (Å²) in [5.74, 6) is 6.39. The number of nitrogens with two attached hydrogens (primary N) is 2. The quantitative estimate of drug-likeness (QED) is 0.100. The number of benzene rings is 3. The number of hydrogen-bond acceptors (Lipinski definition) is 2. The average Bonchev–Trinajstić information content (AvgIpc) is 3.51. The van der Waals surface area contributed by atoms with Crippen LogP contribution in [-0.4, -0.2) is 11.7 Å². The van der Waals surface area contributed by atoms with Gasteiger partial charge < -0.3 is 5.32 Å². The Kier molecular flexibility index (Phi) is 7.39. The van der Waals surface area contributed by atoms with Crippen molar-refractivity contribution in [2.45, 2.75) is 19.3 Å². The summed E-state index contributed by atoms with van der Waals surface area (Å²) < 4.78 is 0. The second-order valence-corrected chi connectivity index (χ2v) is 7.55. The zero-order chi connectivity index (χ0) is 21.1. The fourth-order valence-electron chi connectivity index (χ4n) is 3.63. The molecule has 1 unspecified atom stereocenters. The van der Waals surface area contributed by atoms with Gasteiger partial charge >= 0.3 is 5.84 Å². The van der Waals surface area contributed by atoms with Crippen molar-refractivity contribution in [1.29, 1.82) is 0 Å². The molecule has 7 heteroatoms. The monoisotopic (exact) mass is 633 g/mol. The molecule has 1 aliphatic rings. The van der Waals surface area contributed by atoms with Crippen LogP contribution in [0.15, 0.2) is 77.1 Å². The van der Waals surface area contributed by atoms with Crippen LogP contribution in [0.25, 0.3) is 11.1 Å². The summed E-state index contributed by atoms with van der Waals surface area (Å²) in [6, 6.07) is 24.0. The molecule has 1 saturated carbocycles. The SMILES string of the molecule is CC1C[C@@H]1c1cccc(-c2ccc(C(=[NH2+])N=NN)c(NC(=O)c3c[c-]ccc3)c2)c1.[Np]. The van der Waals surface area contributed by atoms with E-state index in [1.807, 2.05) is 18.2 Å². The zero-order valence-corrected chi connectivity index (χ0v) is 20.8. The molecule has 0 bridgehead atoms. The summed E-state index contributed by atoms with van der Waals surface area (Å²) in [7, 11) is 0. The predicted octanol–water partition coefficient (Wildman–Crippen LogP) is 3.36. The standard InChI is InChI=1S/C24H22N5O.Np/c1-15-12-21(15)19-9-5-8-17(13-19)18-10-11-20(23(25)28-29-26)22(14-18)27-24(30)16-6-3-2-4-7-16;/h2-3,5-11,13-15,21H,12H2,1H3,(H,27,30)(H3,25,26,28);/q-1;/p+1/t15?,21-;/m0./s1. The maximum atomic E-state index is 12.7. The van der Waals surface area contributed by atoms with Gasteiger partial charge in [0.2, 0.25) is 0 Å². The van der Waals surface area contributed by atoms with Crippen molar-refractivity contribution in [3.05, 3.63) is 89.5 Å². The molecule has 4 rings (SSSR count). The number of nitrogens with zero attached hydrogens (tertiary/aromatic N) is 2. The predicted molar refractivity (Wildman–Crippen MR) is 117 cm³/mol. The van der Waals surface area contributed by atoms with E-state index < -0.39 is 0 Å². The number of hydrogen-bond donors (Lipinski definition) is 3. The molecule has 6 nitrogen and oxygen atoms in total. The molecule has 0 aliphatic heterocycles. The Bertz CT molecular complexity index is 1130. The first-order chi connectivity index (χ1) is 14.6.